The fourth-order valence-electron chi connectivity index (χ4n) is 4.29. The molecule has 1 atom stereocenters. The van der Waals surface area contributed by atoms with Gasteiger partial charge in [-0.25, -0.2) is 9.78 Å². The Morgan fingerprint density at radius 2 is 1.78 bits per heavy atom. The van der Waals surface area contributed by atoms with E-state index >= 15 is 0 Å². The maximum Gasteiger partial charge on any atom is 0.321 e. The minimum Gasteiger partial charge on any atom is -0.497 e. The Morgan fingerprint density at radius 3 is 2.47 bits per heavy atom. The predicted molar refractivity (Wildman–Crippen MR) is 139 cm³/mol. The molecule has 2 aromatic carbocycles. The number of nitrogens with one attached hydrogen (secondary N) is 3. The molecular weight excluding hydrogens is 458 g/mol. The van der Waals surface area contributed by atoms with Crippen molar-refractivity contribution in [3.8, 4) is 5.75 Å². The molecule has 2 fully saturated rings. The van der Waals surface area contributed by atoms with Crippen LogP contribution in [0.1, 0.15) is 11.7 Å². The molecule has 2 saturated heterocycles. The van der Waals surface area contributed by atoms with E-state index < -0.39 is 0 Å². The molecule has 5 rings (SSSR count). The van der Waals surface area contributed by atoms with Crippen molar-refractivity contribution in [2.45, 2.75) is 6.10 Å². The molecule has 0 spiro atoms. The normalized spacial score (nSPS) is 18.0. The highest BCUT2D eigenvalue weighted by atomic mass is 16.5. The zero-order chi connectivity index (χ0) is 24.7. The second-order valence-electron chi connectivity index (χ2n) is 8.68. The van der Waals surface area contributed by atoms with Crippen LogP contribution in [0.2, 0.25) is 0 Å². The van der Waals surface area contributed by atoms with Crippen LogP contribution in [0.3, 0.4) is 0 Å². The second kappa shape index (κ2) is 11.2. The summed E-state index contributed by atoms with van der Waals surface area (Å²) in [7, 11) is 1.62. The molecular formula is C26H31N7O3. The molecule has 3 heterocycles. The van der Waals surface area contributed by atoms with Gasteiger partial charge in [0.1, 0.15) is 11.6 Å². The van der Waals surface area contributed by atoms with Crippen molar-refractivity contribution in [2.24, 2.45) is 0 Å². The quantitative estimate of drug-likeness (QED) is 0.485. The number of carbonyl (C=O) groups excluding carboxylic acids is 1. The summed E-state index contributed by atoms with van der Waals surface area (Å²) in [6, 6.07) is 17.3. The first kappa shape index (κ1) is 23.8. The number of rotatable bonds is 6. The van der Waals surface area contributed by atoms with Gasteiger partial charge in [-0.05, 0) is 48.0 Å². The van der Waals surface area contributed by atoms with E-state index in [9.17, 15) is 4.79 Å². The van der Waals surface area contributed by atoms with Gasteiger partial charge in [0, 0.05) is 56.8 Å². The van der Waals surface area contributed by atoms with E-state index in [4.69, 9.17) is 14.5 Å². The number of benzene rings is 2. The van der Waals surface area contributed by atoms with Gasteiger partial charge < -0.3 is 35.2 Å². The van der Waals surface area contributed by atoms with Gasteiger partial charge in [0.15, 0.2) is 0 Å². The van der Waals surface area contributed by atoms with Crippen molar-refractivity contribution in [1.29, 1.82) is 0 Å². The molecule has 1 unspecified atom stereocenters. The lowest BCUT2D eigenvalue weighted by atomic mass is 10.1. The maximum atomic E-state index is 12.7. The molecule has 2 aliphatic heterocycles. The van der Waals surface area contributed by atoms with Crippen LogP contribution < -0.4 is 25.6 Å². The summed E-state index contributed by atoms with van der Waals surface area (Å²) in [6.07, 6.45) is 1.84. The van der Waals surface area contributed by atoms with Crippen LogP contribution in [0.25, 0.3) is 0 Å². The Hall–Kier alpha value is -3.89. The number of piperazine rings is 1. The van der Waals surface area contributed by atoms with Crippen molar-refractivity contribution >= 4 is 29.2 Å². The van der Waals surface area contributed by atoms with Crippen LogP contribution >= 0.6 is 0 Å². The lowest BCUT2D eigenvalue weighted by Gasteiger charge is -2.35. The number of urea groups is 1. The smallest absolute Gasteiger partial charge is 0.321 e. The summed E-state index contributed by atoms with van der Waals surface area (Å²) in [5, 5.41) is 9.59. The van der Waals surface area contributed by atoms with Crippen LogP contribution in [0.4, 0.5) is 27.9 Å². The average molecular weight is 490 g/mol. The number of morpholine rings is 1. The maximum absolute atomic E-state index is 12.7. The van der Waals surface area contributed by atoms with Gasteiger partial charge in [0.2, 0.25) is 5.95 Å². The molecule has 0 saturated carbocycles. The summed E-state index contributed by atoms with van der Waals surface area (Å²) in [4.78, 5) is 25.7. The summed E-state index contributed by atoms with van der Waals surface area (Å²) >= 11 is 0. The largest absolute Gasteiger partial charge is 0.497 e. The minimum atomic E-state index is -0.109. The van der Waals surface area contributed by atoms with Crippen molar-refractivity contribution < 1.29 is 14.3 Å². The molecule has 0 radical (unpaired) electrons. The molecule has 2 aliphatic rings. The first-order valence-corrected chi connectivity index (χ1v) is 12.2. The Balaban J connectivity index is 1.14. The van der Waals surface area contributed by atoms with Gasteiger partial charge in [0.05, 0.1) is 19.8 Å². The number of carbonyl (C=O) groups is 1. The number of amides is 2. The third-order valence-electron chi connectivity index (χ3n) is 6.34. The average Bonchev–Trinajstić information content (AvgIpc) is 2.94. The summed E-state index contributed by atoms with van der Waals surface area (Å²) in [5.41, 5.74) is 2.81. The van der Waals surface area contributed by atoms with Crippen LogP contribution in [0, 0.1) is 0 Å². The number of aromatic nitrogens is 2. The standard InChI is InChI=1S/C26H31N7O3/c1-35-22-8-6-21(7-9-22)30-26(34)33-15-13-32(14-16-33)24-10-11-28-25(31-24)29-20-4-2-19(3-5-20)23-18-27-12-17-36-23/h2-11,23,27H,12-18H2,1H3,(H,30,34)(H,28,29,31). The van der Waals surface area contributed by atoms with Crippen LogP contribution in [-0.4, -0.2) is 73.9 Å². The Bertz CT molecular complexity index is 1140. The molecule has 3 aromatic rings. The second-order valence-corrected chi connectivity index (χ2v) is 8.68. The number of nitrogens with zero attached hydrogens (tertiary/aromatic N) is 4. The number of hydrogen-bond donors (Lipinski definition) is 3. The fraction of sp³-hybridized carbons (Fsp3) is 0.346. The predicted octanol–water partition coefficient (Wildman–Crippen LogP) is 3.24. The van der Waals surface area contributed by atoms with E-state index in [1.807, 2.05) is 47.4 Å². The van der Waals surface area contributed by atoms with Gasteiger partial charge in [0.25, 0.3) is 0 Å². The Kier molecular flexibility index (Phi) is 7.44. The van der Waals surface area contributed by atoms with Crippen molar-refractivity contribution in [3.05, 3.63) is 66.4 Å². The minimum absolute atomic E-state index is 0.0873. The number of anilines is 4. The highest BCUT2D eigenvalue weighted by Crippen LogP contribution is 2.23. The molecule has 0 bridgehead atoms. The number of hydrogen-bond acceptors (Lipinski definition) is 8. The van der Waals surface area contributed by atoms with Crippen LogP contribution in [-0.2, 0) is 4.74 Å². The third-order valence-corrected chi connectivity index (χ3v) is 6.34. The monoisotopic (exact) mass is 489 g/mol. The Morgan fingerprint density at radius 1 is 1.03 bits per heavy atom. The van der Waals surface area contributed by atoms with Crippen molar-refractivity contribution in [1.82, 2.24) is 20.2 Å². The molecule has 10 heteroatoms. The number of ether oxygens (including phenoxy) is 2. The lowest BCUT2D eigenvalue weighted by Crippen LogP contribution is -2.50. The molecule has 2 amide bonds. The van der Waals surface area contributed by atoms with E-state index in [0.29, 0.717) is 32.1 Å². The molecule has 1 aromatic heterocycles. The highest BCUT2D eigenvalue weighted by Gasteiger charge is 2.22. The van der Waals surface area contributed by atoms with Crippen LogP contribution in [0.15, 0.2) is 60.8 Å². The van der Waals surface area contributed by atoms with Gasteiger partial charge in [-0.3, -0.25) is 0 Å². The molecule has 3 N–H and O–H groups in total. The van der Waals surface area contributed by atoms with Gasteiger partial charge in [-0.2, -0.15) is 4.98 Å². The summed E-state index contributed by atoms with van der Waals surface area (Å²) in [5.74, 6) is 2.13. The van der Waals surface area contributed by atoms with Crippen molar-refractivity contribution in [2.75, 3.05) is 68.5 Å². The molecule has 36 heavy (non-hydrogen) atoms. The van der Waals surface area contributed by atoms with E-state index in [1.54, 1.807) is 13.3 Å². The number of methoxy groups -OCH3 is 1. The van der Waals surface area contributed by atoms with Gasteiger partial charge >= 0.3 is 6.03 Å². The van der Waals surface area contributed by atoms with Crippen molar-refractivity contribution in [3.63, 3.8) is 0 Å². The highest BCUT2D eigenvalue weighted by molar-refractivity contribution is 5.89. The van der Waals surface area contributed by atoms with E-state index in [0.717, 1.165) is 48.2 Å². The third kappa shape index (κ3) is 5.84. The lowest BCUT2D eigenvalue weighted by molar-refractivity contribution is 0.0277. The van der Waals surface area contributed by atoms with Gasteiger partial charge in [-0.1, -0.05) is 12.1 Å². The van der Waals surface area contributed by atoms with E-state index in [1.165, 1.54) is 0 Å². The topological polar surface area (TPSA) is 104 Å². The summed E-state index contributed by atoms with van der Waals surface area (Å²) < 4.78 is 11.0. The molecule has 10 nitrogen and oxygen atoms in total. The van der Waals surface area contributed by atoms with Crippen LogP contribution in [0.5, 0.6) is 5.75 Å². The SMILES string of the molecule is COc1ccc(NC(=O)N2CCN(c3ccnc(Nc4ccc(C5CNCCO5)cc4)n3)CC2)cc1. The summed E-state index contributed by atoms with van der Waals surface area (Å²) in [6.45, 7) is 5.05. The van der Waals surface area contributed by atoms with E-state index in [-0.39, 0.29) is 12.1 Å². The first-order chi connectivity index (χ1) is 17.7. The molecule has 188 valence electrons. The zero-order valence-electron chi connectivity index (χ0n) is 20.3. The Labute approximate surface area is 210 Å². The molecule has 0 aliphatic carbocycles. The first-order valence-electron chi connectivity index (χ1n) is 12.2. The fourth-order valence-corrected chi connectivity index (χ4v) is 4.29. The zero-order valence-corrected chi connectivity index (χ0v) is 20.3. The van der Waals surface area contributed by atoms with E-state index in [2.05, 4.69) is 38.0 Å². The van der Waals surface area contributed by atoms with Gasteiger partial charge in [-0.15, -0.1) is 0 Å².